The van der Waals surface area contributed by atoms with Crippen LogP contribution in [0.5, 0.6) is 0 Å². The van der Waals surface area contributed by atoms with Gasteiger partial charge in [-0.05, 0) is 68.7 Å². The van der Waals surface area contributed by atoms with Crippen LogP contribution in [0.25, 0.3) is 10.9 Å². The summed E-state index contributed by atoms with van der Waals surface area (Å²) in [7, 11) is 0. The first-order valence-corrected chi connectivity index (χ1v) is 24.3. The Morgan fingerprint density at radius 3 is 2.03 bits per heavy atom. The molecule has 0 aliphatic carbocycles. The van der Waals surface area contributed by atoms with Gasteiger partial charge in [0.15, 0.2) is 11.9 Å². The molecule has 9 amide bonds. The van der Waals surface area contributed by atoms with Gasteiger partial charge in [-0.2, -0.15) is 0 Å². The summed E-state index contributed by atoms with van der Waals surface area (Å²) < 4.78 is 0. The van der Waals surface area contributed by atoms with Crippen molar-refractivity contribution in [1.82, 2.24) is 47.5 Å². The maximum absolute atomic E-state index is 14.0. The molecule has 0 spiro atoms. The Morgan fingerprint density at radius 2 is 1.38 bits per heavy atom. The van der Waals surface area contributed by atoms with Crippen LogP contribution >= 0.6 is 0 Å². The average molecular weight is 1030 g/mol. The summed E-state index contributed by atoms with van der Waals surface area (Å²) in [4.78, 5) is 132. The Kier molecular flexibility index (Phi) is 25.9. The fourth-order valence-electron chi connectivity index (χ4n) is 7.56. The van der Waals surface area contributed by atoms with E-state index in [1.165, 1.54) is 6.92 Å². The number of hydrogen-bond acceptors (Lipinski definition) is 12. The molecule has 26 nitrogen and oxygen atoms in total. The number of nitrogens with one attached hydrogen (secondary N) is 9. The molecule has 1 saturated heterocycles. The van der Waals surface area contributed by atoms with E-state index in [1.54, 1.807) is 36.5 Å². The third kappa shape index (κ3) is 22.0. The normalized spacial score (nSPS) is 20.0. The van der Waals surface area contributed by atoms with Crippen LogP contribution in [-0.4, -0.2) is 139 Å². The lowest BCUT2D eigenvalue weighted by Crippen LogP contribution is -2.59. The molecule has 2 aromatic carbocycles. The van der Waals surface area contributed by atoms with Crippen LogP contribution in [0.15, 0.2) is 70.8 Å². The minimum Gasteiger partial charge on any atom is -0.370 e. The molecule has 74 heavy (non-hydrogen) atoms. The summed E-state index contributed by atoms with van der Waals surface area (Å²) in [5, 5.41) is 21.6. The van der Waals surface area contributed by atoms with Gasteiger partial charge in [-0.3, -0.25) is 53.1 Å². The van der Waals surface area contributed by atoms with E-state index < -0.39 is 96.0 Å². The Morgan fingerprint density at radius 1 is 0.730 bits per heavy atom. The molecule has 0 radical (unpaired) electrons. The number of aromatic amines is 1. The molecule has 4 rings (SSSR count). The highest BCUT2D eigenvalue weighted by atomic mass is 16.2. The SMILES string of the molecule is CC(=O)N[C@@H](CCCN=C(N)N)C(=O)NC1CCC(=O)NCCCC(C(N)=O)NC(=O)[C@H](Cc2c[nH]c3ccccc23)NC(=O)CNC(=O)C(Cc2ccccc2)NC(=O)[C@H](CCN)NC1=O.CCCN=C(N)N. The Balaban J connectivity index is 0.00000192. The molecule has 6 atom stereocenters. The molecule has 26 heteroatoms. The molecule has 2 heterocycles. The van der Waals surface area contributed by atoms with Crippen LogP contribution in [0.2, 0.25) is 0 Å². The first-order valence-electron chi connectivity index (χ1n) is 24.3. The van der Waals surface area contributed by atoms with Gasteiger partial charge in [-0.15, -0.1) is 0 Å². The Labute approximate surface area is 428 Å². The van der Waals surface area contributed by atoms with Crippen LogP contribution < -0.4 is 76.9 Å². The second kappa shape index (κ2) is 31.9. The molecular weight excluding hydrogens is 959 g/mol. The molecule has 21 N–H and O–H groups in total. The summed E-state index contributed by atoms with van der Waals surface area (Å²) in [5.41, 5.74) is 34.5. The first-order chi connectivity index (χ1) is 35.3. The summed E-state index contributed by atoms with van der Waals surface area (Å²) >= 11 is 0. The number of amides is 9. The molecule has 404 valence electrons. The lowest BCUT2D eigenvalue weighted by atomic mass is 10.0. The average Bonchev–Trinajstić information content (AvgIpc) is 3.77. The molecule has 1 aromatic heterocycles. The molecule has 3 aromatic rings. The highest BCUT2D eigenvalue weighted by Crippen LogP contribution is 2.19. The van der Waals surface area contributed by atoms with E-state index in [0.717, 1.165) is 23.9 Å². The van der Waals surface area contributed by atoms with Crippen LogP contribution in [0.4, 0.5) is 0 Å². The highest BCUT2D eigenvalue weighted by molar-refractivity contribution is 5.97. The number of primary amides is 1. The molecule has 0 saturated carbocycles. The van der Waals surface area contributed by atoms with E-state index in [9.17, 15) is 43.2 Å². The van der Waals surface area contributed by atoms with E-state index in [0.29, 0.717) is 11.1 Å². The predicted molar refractivity (Wildman–Crippen MR) is 278 cm³/mol. The van der Waals surface area contributed by atoms with Crippen molar-refractivity contribution in [2.75, 3.05) is 32.7 Å². The number of nitrogens with two attached hydrogens (primary N) is 6. The summed E-state index contributed by atoms with van der Waals surface area (Å²) in [6.45, 7) is 3.39. The van der Waals surface area contributed by atoms with E-state index in [4.69, 9.17) is 34.4 Å². The summed E-state index contributed by atoms with van der Waals surface area (Å²) in [5.74, 6) is -6.71. The van der Waals surface area contributed by atoms with Crippen molar-refractivity contribution in [3.63, 3.8) is 0 Å². The quantitative estimate of drug-likeness (QED) is 0.0373. The number of aromatic nitrogens is 1. The number of rotatable bonds is 16. The van der Waals surface area contributed by atoms with Gasteiger partial charge in [0.2, 0.25) is 53.2 Å². The minimum atomic E-state index is -1.43. The standard InChI is InChI=1S/C44H62N14O9.C4H11N3/c1-25(59)53-31(14-8-20-50-44(47)48)40(64)56-32-15-16-36(60)49-19-7-13-30(38(46)62)55-43(67)35(22-27-23-51-29-12-6-5-11-28(27)29)54-37(61)24-52-39(63)34(21-26-9-3-2-4-10-26)58-42(66)33(17-18-45)57-41(32)65;1-2-3-7-4(5)6/h2-6,9-12,23,30-35,51H,7-8,13-22,24,45H2,1H3,(H2,46,62)(H,49,60)(H,52,63)(H,53,59)(H,54,61)(H,55,67)(H,56,64)(H,57,65)(H,58,66)(H4,47,48,50);2-3H2,1H3,(H4,5,6,7)/t30?,31-,32?,33-,34?,35-;/m0./s1. The zero-order valence-electron chi connectivity index (χ0n) is 41.9. The smallest absolute Gasteiger partial charge is 0.243 e. The fraction of sp³-hybridized carbons (Fsp3) is 0.479. The minimum absolute atomic E-state index is 0.00760. The Bertz CT molecular complexity index is 2420. The Hall–Kier alpha value is -8.29. The number of nitrogens with zero attached hydrogens (tertiary/aromatic N) is 2. The highest BCUT2D eigenvalue weighted by Gasteiger charge is 2.33. The van der Waals surface area contributed by atoms with Gasteiger partial charge in [-0.25, -0.2) is 0 Å². The van der Waals surface area contributed by atoms with Crippen molar-refractivity contribution in [2.24, 2.45) is 44.4 Å². The summed E-state index contributed by atoms with van der Waals surface area (Å²) in [6.07, 6.45) is 2.39. The number of guanidine groups is 2. The zero-order valence-corrected chi connectivity index (χ0v) is 41.9. The van der Waals surface area contributed by atoms with Crippen LogP contribution in [-0.2, 0) is 56.0 Å². The van der Waals surface area contributed by atoms with Crippen molar-refractivity contribution < 1.29 is 43.2 Å². The molecule has 3 unspecified atom stereocenters. The lowest BCUT2D eigenvalue weighted by molar-refractivity contribution is -0.135. The van der Waals surface area contributed by atoms with Gasteiger partial charge < -0.3 is 81.9 Å². The maximum Gasteiger partial charge on any atom is 0.243 e. The topological polar surface area (TPSA) is 446 Å². The van der Waals surface area contributed by atoms with Gasteiger partial charge in [0.1, 0.15) is 36.3 Å². The second-order valence-corrected chi connectivity index (χ2v) is 17.4. The van der Waals surface area contributed by atoms with Crippen molar-refractivity contribution >= 4 is 76.0 Å². The monoisotopic (exact) mass is 1030 g/mol. The van der Waals surface area contributed by atoms with Gasteiger partial charge >= 0.3 is 0 Å². The number of carbonyl (C=O) groups is 9. The van der Waals surface area contributed by atoms with E-state index >= 15 is 0 Å². The predicted octanol–water partition coefficient (Wildman–Crippen LogP) is -3.75. The van der Waals surface area contributed by atoms with Crippen molar-refractivity contribution in [3.8, 4) is 0 Å². The first kappa shape index (κ1) is 60.0. The van der Waals surface area contributed by atoms with Crippen LogP contribution in [0, 0.1) is 0 Å². The number of fused-ring (bicyclic) bond motifs is 1. The largest absolute Gasteiger partial charge is 0.370 e. The van der Waals surface area contributed by atoms with Crippen LogP contribution in [0.1, 0.15) is 76.3 Å². The molecule has 1 aliphatic rings. The summed E-state index contributed by atoms with van der Waals surface area (Å²) in [6, 6.07) is 8.30. The number of hydrogen-bond donors (Lipinski definition) is 15. The van der Waals surface area contributed by atoms with Crippen molar-refractivity contribution in [3.05, 3.63) is 71.9 Å². The number of carbonyl (C=O) groups excluding carboxylic acids is 9. The zero-order chi connectivity index (χ0) is 54.6. The number of benzene rings is 2. The third-order valence-electron chi connectivity index (χ3n) is 11.3. The van der Waals surface area contributed by atoms with E-state index in [1.807, 2.05) is 31.2 Å². The van der Waals surface area contributed by atoms with Gasteiger partial charge in [0, 0.05) is 62.9 Å². The number of H-pyrrole nitrogens is 1. The van der Waals surface area contributed by atoms with Gasteiger partial charge in [0.25, 0.3) is 0 Å². The van der Waals surface area contributed by atoms with Crippen molar-refractivity contribution in [2.45, 2.75) is 114 Å². The lowest BCUT2D eigenvalue weighted by Gasteiger charge is -2.26. The molecule has 1 fully saturated rings. The third-order valence-corrected chi connectivity index (χ3v) is 11.3. The second-order valence-electron chi connectivity index (χ2n) is 17.4. The molecule has 1 aliphatic heterocycles. The van der Waals surface area contributed by atoms with Crippen molar-refractivity contribution in [1.29, 1.82) is 0 Å². The molecular formula is C48H73N17O9. The fourth-order valence-corrected chi connectivity index (χ4v) is 7.56. The van der Waals surface area contributed by atoms with Crippen LogP contribution in [0.3, 0.4) is 0 Å². The van der Waals surface area contributed by atoms with E-state index in [-0.39, 0.29) is 89.3 Å². The van der Waals surface area contributed by atoms with Gasteiger partial charge in [0.05, 0.1) is 6.54 Å². The number of para-hydroxylation sites is 1. The molecule has 0 bridgehead atoms. The van der Waals surface area contributed by atoms with Gasteiger partial charge in [-0.1, -0.05) is 55.5 Å². The maximum atomic E-state index is 14.0. The number of aliphatic imine (C=N–C) groups is 2. The van der Waals surface area contributed by atoms with E-state index in [2.05, 4.69) is 57.5 Å².